The molecule has 3 rings (SSSR count). The molecule has 1 aliphatic rings. The van der Waals surface area contributed by atoms with Crippen LogP contribution >= 0.6 is 0 Å². The first-order valence-electron chi connectivity index (χ1n) is 9.41. The highest BCUT2D eigenvalue weighted by Crippen LogP contribution is 2.44. The van der Waals surface area contributed by atoms with E-state index in [2.05, 4.69) is 91.7 Å². The number of ether oxygens (including phenoxy) is 1. The molecule has 1 heterocycles. The van der Waals surface area contributed by atoms with Crippen LogP contribution in [0.5, 0.6) is 0 Å². The molecule has 25 heavy (non-hydrogen) atoms. The second-order valence-corrected chi connectivity index (χ2v) is 6.90. The van der Waals surface area contributed by atoms with Gasteiger partial charge in [-0.1, -0.05) is 80.4 Å². The molecule has 2 aromatic rings. The highest BCUT2D eigenvalue weighted by Gasteiger charge is 2.46. The van der Waals surface area contributed by atoms with Crippen molar-refractivity contribution in [1.82, 2.24) is 10.0 Å². The summed E-state index contributed by atoms with van der Waals surface area (Å²) in [6.07, 6.45) is 3.70. The van der Waals surface area contributed by atoms with Crippen LogP contribution < -0.4 is 0 Å². The molecule has 0 aromatic heterocycles. The summed E-state index contributed by atoms with van der Waals surface area (Å²) in [6.45, 7) is 3.06. The van der Waals surface area contributed by atoms with E-state index in [1.807, 2.05) is 0 Å². The van der Waals surface area contributed by atoms with Crippen molar-refractivity contribution in [2.75, 3.05) is 20.7 Å². The van der Waals surface area contributed by atoms with Crippen LogP contribution in [0.4, 0.5) is 0 Å². The smallest absolute Gasteiger partial charge is 0.0995 e. The number of rotatable bonds is 7. The summed E-state index contributed by atoms with van der Waals surface area (Å²) < 4.78 is 6.50. The van der Waals surface area contributed by atoms with Gasteiger partial charge in [-0.3, -0.25) is 0 Å². The summed E-state index contributed by atoms with van der Waals surface area (Å²) >= 11 is 0. The lowest BCUT2D eigenvalue weighted by Gasteiger charge is -2.27. The lowest BCUT2D eigenvalue weighted by Crippen LogP contribution is -2.32. The fourth-order valence-electron chi connectivity index (χ4n) is 3.86. The molecule has 0 spiro atoms. The Kier molecular flexibility index (Phi) is 6.24. The Labute approximate surface area is 152 Å². The summed E-state index contributed by atoms with van der Waals surface area (Å²) in [5.74, 6) is 0. The number of benzene rings is 2. The molecule has 0 N–H and O–H groups in total. The Bertz CT molecular complexity index is 579. The average molecular weight is 338 g/mol. The molecule has 1 saturated heterocycles. The van der Waals surface area contributed by atoms with Gasteiger partial charge in [0, 0.05) is 20.7 Å². The zero-order chi connectivity index (χ0) is 17.6. The first kappa shape index (κ1) is 18.1. The van der Waals surface area contributed by atoms with Crippen LogP contribution in [0.3, 0.4) is 0 Å². The number of nitrogens with zero attached hydrogens (tertiary/aromatic N) is 2. The van der Waals surface area contributed by atoms with E-state index in [0.29, 0.717) is 0 Å². The number of hydrogen-bond donors (Lipinski definition) is 0. The van der Waals surface area contributed by atoms with Gasteiger partial charge in [-0.05, 0) is 17.5 Å². The van der Waals surface area contributed by atoms with E-state index in [9.17, 15) is 0 Å². The molecule has 0 bridgehead atoms. The third-order valence-electron chi connectivity index (χ3n) is 5.27. The summed E-state index contributed by atoms with van der Waals surface area (Å²) in [5.41, 5.74) is 2.63. The molecule has 1 fully saturated rings. The molecule has 3 nitrogen and oxygen atoms in total. The molecular weight excluding hydrogens is 308 g/mol. The van der Waals surface area contributed by atoms with E-state index in [0.717, 1.165) is 13.0 Å². The maximum atomic E-state index is 6.50. The Morgan fingerprint density at radius 3 is 1.68 bits per heavy atom. The van der Waals surface area contributed by atoms with E-state index < -0.39 is 0 Å². The van der Waals surface area contributed by atoms with Crippen LogP contribution in [0.25, 0.3) is 0 Å². The van der Waals surface area contributed by atoms with Crippen molar-refractivity contribution in [2.45, 2.75) is 44.4 Å². The average Bonchev–Trinajstić information content (AvgIpc) is 2.91. The van der Waals surface area contributed by atoms with E-state index in [1.54, 1.807) is 0 Å². The maximum Gasteiger partial charge on any atom is 0.0995 e. The monoisotopic (exact) mass is 338 g/mol. The van der Waals surface area contributed by atoms with E-state index >= 15 is 0 Å². The van der Waals surface area contributed by atoms with Crippen LogP contribution in [0.15, 0.2) is 60.7 Å². The van der Waals surface area contributed by atoms with Crippen molar-refractivity contribution in [1.29, 1.82) is 0 Å². The van der Waals surface area contributed by atoms with Crippen LogP contribution in [-0.4, -0.2) is 36.8 Å². The van der Waals surface area contributed by atoms with Crippen molar-refractivity contribution in [3.63, 3.8) is 0 Å². The molecular formula is C22H30N2O. The van der Waals surface area contributed by atoms with Crippen LogP contribution in [0.2, 0.25) is 0 Å². The SMILES string of the molecule is CCCCCOC1C(c2ccccc2)N(C)N(C)C1c1ccccc1. The van der Waals surface area contributed by atoms with Crippen LogP contribution in [-0.2, 0) is 4.74 Å². The van der Waals surface area contributed by atoms with Crippen molar-refractivity contribution in [3.05, 3.63) is 71.8 Å². The minimum absolute atomic E-state index is 0.122. The third kappa shape index (κ3) is 3.95. The summed E-state index contributed by atoms with van der Waals surface area (Å²) in [6, 6.07) is 21.9. The van der Waals surface area contributed by atoms with Crippen LogP contribution in [0.1, 0.15) is 49.4 Å². The maximum absolute atomic E-state index is 6.50. The second kappa shape index (κ2) is 8.61. The zero-order valence-corrected chi connectivity index (χ0v) is 15.6. The zero-order valence-electron chi connectivity index (χ0n) is 15.6. The molecule has 3 heteroatoms. The summed E-state index contributed by atoms with van der Waals surface area (Å²) in [5, 5.41) is 4.66. The molecule has 0 aliphatic carbocycles. The van der Waals surface area contributed by atoms with Gasteiger partial charge in [0.25, 0.3) is 0 Å². The van der Waals surface area contributed by atoms with Gasteiger partial charge in [0.05, 0.1) is 18.2 Å². The number of unbranched alkanes of at least 4 members (excludes halogenated alkanes) is 2. The topological polar surface area (TPSA) is 15.7 Å². The summed E-state index contributed by atoms with van der Waals surface area (Å²) in [7, 11) is 4.34. The standard InChI is InChI=1S/C22H30N2O/c1-4-5-12-17-25-22-20(18-13-8-6-9-14-18)23(2)24(3)21(22)19-15-10-7-11-16-19/h6-11,13-16,20-22H,4-5,12,17H2,1-3H3. The Morgan fingerprint density at radius 2 is 1.24 bits per heavy atom. The minimum Gasteiger partial charge on any atom is -0.374 e. The van der Waals surface area contributed by atoms with E-state index in [1.165, 1.54) is 24.0 Å². The first-order chi connectivity index (χ1) is 12.2. The highest BCUT2D eigenvalue weighted by atomic mass is 16.5. The Morgan fingerprint density at radius 1 is 0.760 bits per heavy atom. The first-order valence-corrected chi connectivity index (χ1v) is 9.41. The molecule has 0 saturated carbocycles. The quantitative estimate of drug-likeness (QED) is 0.672. The van der Waals surface area contributed by atoms with Crippen LogP contribution in [0, 0.1) is 0 Å². The third-order valence-corrected chi connectivity index (χ3v) is 5.27. The molecule has 2 aromatic carbocycles. The second-order valence-electron chi connectivity index (χ2n) is 6.90. The summed E-state index contributed by atoms with van der Waals surface area (Å²) in [4.78, 5) is 0. The fraction of sp³-hybridized carbons (Fsp3) is 0.455. The molecule has 134 valence electrons. The number of likely N-dealkylation sites (N-methyl/N-ethyl adjacent to an activating group) is 2. The van der Waals surface area contributed by atoms with Crippen molar-refractivity contribution in [2.24, 2.45) is 0 Å². The van der Waals surface area contributed by atoms with Gasteiger partial charge < -0.3 is 4.74 Å². The predicted octanol–water partition coefficient (Wildman–Crippen LogP) is 4.84. The molecule has 2 atom stereocenters. The van der Waals surface area contributed by atoms with Gasteiger partial charge in [0.2, 0.25) is 0 Å². The highest BCUT2D eigenvalue weighted by molar-refractivity contribution is 5.27. The Hall–Kier alpha value is -1.68. The molecule has 2 unspecified atom stereocenters. The van der Waals surface area contributed by atoms with Gasteiger partial charge in [0.1, 0.15) is 0 Å². The van der Waals surface area contributed by atoms with Gasteiger partial charge in [-0.2, -0.15) is 0 Å². The fourth-order valence-corrected chi connectivity index (χ4v) is 3.86. The van der Waals surface area contributed by atoms with Gasteiger partial charge in [-0.25, -0.2) is 10.0 Å². The number of hydrogen-bond acceptors (Lipinski definition) is 3. The molecule has 1 aliphatic heterocycles. The van der Waals surface area contributed by atoms with Gasteiger partial charge in [0.15, 0.2) is 0 Å². The molecule has 0 amide bonds. The van der Waals surface area contributed by atoms with Gasteiger partial charge >= 0.3 is 0 Å². The van der Waals surface area contributed by atoms with Crippen molar-refractivity contribution >= 4 is 0 Å². The van der Waals surface area contributed by atoms with E-state index in [-0.39, 0.29) is 18.2 Å². The Balaban J connectivity index is 1.90. The van der Waals surface area contributed by atoms with Crippen molar-refractivity contribution < 1.29 is 4.74 Å². The van der Waals surface area contributed by atoms with Crippen molar-refractivity contribution in [3.8, 4) is 0 Å². The predicted molar refractivity (Wildman–Crippen MR) is 103 cm³/mol. The lowest BCUT2D eigenvalue weighted by atomic mass is 9.94. The number of hydrazine groups is 1. The van der Waals surface area contributed by atoms with Gasteiger partial charge in [-0.15, -0.1) is 0 Å². The largest absolute Gasteiger partial charge is 0.374 e. The normalized spacial score (nSPS) is 24.7. The van der Waals surface area contributed by atoms with E-state index in [4.69, 9.17) is 4.74 Å². The minimum atomic E-state index is 0.122. The molecule has 0 radical (unpaired) electrons. The lowest BCUT2D eigenvalue weighted by molar-refractivity contribution is 0.0198.